The predicted molar refractivity (Wildman–Crippen MR) is 114 cm³/mol. The van der Waals surface area contributed by atoms with Gasteiger partial charge in [0.25, 0.3) is 0 Å². The second-order valence-corrected chi connectivity index (χ2v) is 6.99. The molecule has 1 amide bonds. The molecular weight excluding hydrogens is 368 g/mol. The molecule has 0 radical (unpaired) electrons. The minimum absolute atomic E-state index is 0.0511. The van der Waals surface area contributed by atoms with Crippen LogP contribution in [-0.2, 0) is 9.53 Å². The summed E-state index contributed by atoms with van der Waals surface area (Å²) in [6, 6.07) is 14.8. The molecule has 0 atom stereocenters. The van der Waals surface area contributed by atoms with E-state index in [-0.39, 0.29) is 24.5 Å². The molecule has 1 aliphatic heterocycles. The molecule has 1 saturated heterocycles. The summed E-state index contributed by atoms with van der Waals surface area (Å²) in [5.41, 5.74) is 2.45. The largest absolute Gasteiger partial charge is 0.494 e. The fraction of sp³-hybridized carbons (Fsp3) is 0.391. The van der Waals surface area contributed by atoms with Gasteiger partial charge < -0.3 is 19.7 Å². The third-order valence-electron chi connectivity index (χ3n) is 4.76. The van der Waals surface area contributed by atoms with Crippen LogP contribution in [0.5, 0.6) is 5.75 Å². The monoisotopic (exact) mass is 396 g/mol. The Hall–Kier alpha value is -2.86. The third kappa shape index (κ3) is 6.32. The zero-order chi connectivity index (χ0) is 20.5. The summed E-state index contributed by atoms with van der Waals surface area (Å²) in [5, 5.41) is 2.86. The molecule has 1 heterocycles. The number of benzene rings is 2. The summed E-state index contributed by atoms with van der Waals surface area (Å²) in [6.45, 7) is 5.92. The van der Waals surface area contributed by atoms with Crippen LogP contribution in [0.2, 0.25) is 0 Å². The van der Waals surface area contributed by atoms with Crippen molar-refractivity contribution in [2.75, 3.05) is 43.1 Å². The highest BCUT2D eigenvalue weighted by atomic mass is 16.5. The van der Waals surface area contributed by atoms with Gasteiger partial charge in [-0.1, -0.05) is 6.92 Å². The van der Waals surface area contributed by atoms with Crippen LogP contribution in [0.1, 0.15) is 36.5 Å². The van der Waals surface area contributed by atoms with E-state index in [4.69, 9.17) is 9.47 Å². The molecule has 2 aromatic rings. The summed E-state index contributed by atoms with van der Waals surface area (Å²) >= 11 is 0. The zero-order valence-corrected chi connectivity index (χ0v) is 16.9. The van der Waals surface area contributed by atoms with Gasteiger partial charge in [-0.15, -0.1) is 0 Å². The van der Waals surface area contributed by atoms with Gasteiger partial charge >= 0.3 is 0 Å². The zero-order valence-electron chi connectivity index (χ0n) is 16.9. The standard InChI is InChI=1S/C23H28N2O4/c1-2-15-29-21-9-3-18(4-10-21)22(26)11-12-23(27)24-19-5-7-20(8-6-19)25-13-16-28-17-14-25/h3-10H,2,11-17H2,1H3,(H,24,27). The van der Waals surface area contributed by atoms with E-state index in [2.05, 4.69) is 10.2 Å². The minimum Gasteiger partial charge on any atom is -0.494 e. The van der Waals surface area contributed by atoms with Crippen LogP contribution in [0.25, 0.3) is 0 Å². The van der Waals surface area contributed by atoms with Crippen molar-refractivity contribution < 1.29 is 19.1 Å². The molecular formula is C23H28N2O4. The minimum atomic E-state index is -0.166. The Kier molecular flexibility index (Phi) is 7.64. The van der Waals surface area contributed by atoms with Crippen molar-refractivity contribution >= 4 is 23.1 Å². The Bertz CT molecular complexity index is 797. The molecule has 0 unspecified atom stereocenters. The number of ether oxygens (including phenoxy) is 2. The van der Waals surface area contributed by atoms with Gasteiger partial charge in [-0.25, -0.2) is 0 Å². The van der Waals surface area contributed by atoms with Gasteiger partial charge in [0.05, 0.1) is 19.8 Å². The Labute approximate surface area is 171 Å². The van der Waals surface area contributed by atoms with E-state index in [1.807, 2.05) is 31.2 Å². The normalized spacial score (nSPS) is 13.8. The number of carbonyl (C=O) groups is 2. The second-order valence-electron chi connectivity index (χ2n) is 6.99. The van der Waals surface area contributed by atoms with Crippen molar-refractivity contribution in [2.45, 2.75) is 26.2 Å². The topological polar surface area (TPSA) is 67.9 Å². The van der Waals surface area contributed by atoms with Crippen molar-refractivity contribution in [3.8, 4) is 5.75 Å². The molecule has 29 heavy (non-hydrogen) atoms. The molecule has 0 aliphatic carbocycles. The SMILES string of the molecule is CCCOc1ccc(C(=O)CCC(=O)Nc2ccc(N3CCOCC3)cc2)cc1. The highest BCUT2D eigenvalue weighted by molar-refractivity contribution is 6.00. The van der Waals surface area contributed by atoms with Crippen LogP contribution in [0.15, 0.2) is 48.5 Å². The van der Waals surface area contributed by atoms with Gasteiger partial charge in [-0.3, -0.25) is 9.59 Å². The lowest BCUT2D eigenvalue weighted by molar-refractivity contribution is -0.116. The van der Waals surface area contributed by atoms with E-state index < -0.39 is 0 Å². The van der Waals surface area contributed by atoms with E-state index in [9.17, 15) is 9.59 Å². The van der Waals surface area contributed by atoms with Crippen LogP contribution in [0.3, 0.4) is 0 Å². The first kappa shape index (κ1) is 20.9. The maximum absolute atomic E-state index is 12.3. The Morgan fingerprint density at radius 1 is 1.00 bits per heavy atom. The van der Waals surface area contributed by atoms with Crippen molar-refractivity contribution in [3.63, 3.8) is 0 Å². The molecule has 1 aliphatic rings. The Morgan fingerprint density at radius 2 is 1.69 bits per heavy atom. The Morgan fingerprint density at radius 3 is 2.34 bits per heavy atom. The fourth-order valence-corrected chi connectivity index (χ4v) is 3.13. The molecule has 6 heteroatoms. The number of amides is 1. The molecule has 2 aromatic carbocycles. The average Bonchev–Trinajstić information content (AvgIpc) is 2.77. The number of Topliss-reactive ketones (excluding diaryl/α,β-unsaturated/α-hetero) is 1. The molecule has 1 N–H and O–H groups in total. The maximum Gasteiger partial charge on any atom is 0.224 e. The summed E-state index contributed by atoms with van der Waals surface area (Å²) < 4.78 is 10.9. The van der Waals surface area contributed by atoms with Crippen LogP contribution in [0.4, 0.5) is 11.4 Å². The van der Waals surface area contributed by atoms with E-state index in [1.165, 1.54) is 0 Å². The number of hydrogen-bond donors (Lipinski definition) is 1. The van der Waals surface area contributed by atoms with Gasteiger partial charge in [-0.2, -0.15) is 0 Å². The number of hydrogen-bond acceptors (Lipinski definition) is 5. The van der Waals surface area contributed by atoms with E-state index in [0.717, 1.165) is 49.8 Å². The van der Waals surface area contributed by atoms with Crippen molar-refractivity contribution in [3.05, 3.63) is 54.1 Å². The van der Waals surface area contributed by atoms with Crippen LogP contribution < -0.4 is 15.0 Å². The summed E-state index contributed by atoms with van der Waals surface area (Å²) in [6.07, 6.45) is 1.26. The quantitative estimate of drug-likeness (QED) is 0.651. The van der Waals surface area contributed by atoms with Crippen LogP contribution in [0, 0.1) is 0 Å². The van der Waals surface area contributed by atoms with E-state index >= 15 is 0 Å². The van der Waals surface area contributed by atoms with Crippen LogP contribution in [-0.4, -0.2) is 44.6 Å². The Balaban J connectivity index is 1.44. The molecule has 0 bridgehead atoms. The van der Waals surface area contributed by atoms with Crippen molar-refractivity contribution in [1.29, 1.82) is 0 Å². The summed E-state index contributed by atoms with van der Waals surface area (Å²) in [7, 11) is 0. The number of rotatable bonds is 9. The predicted octanol–water partition coefficient (Wildman–Crippen LogP) is 3.91. The van der Waals surface area contributed by atoms with Gasteiger partial charge in [0.1, 0.15) is 5.75 Å². The second kappa shape index (κ2) is 10.6. The van der Waals surface area contributed by atoms with Gasteiger partial charge in [0.15, 0.2) is 5.78 Å². The lowest BCUT2D eigenvalue weighted by atomic mass is 10.1. The molecule has 154 valence electrons. The molecule has 1 fully saturated rings. The first-order valence-electron chi connectivity index (χ1n) is 10.1. The number of anilines is 2. The lowest BCUT2D eigenvalue weighted by Crippen LogP contribution is -2.36. The number of morpholine rings is 1. The van der Waals surface area contributed by atoms with Crippen molar-refractivity contribution in [1.82, 2.24) is 0 Å². The fourth-order valence-electron chi connectivity index (χ4n) is 3.13. The number of carbonyl (C=O) groups excluding carboxylic acids is 2. The number of nitrogens with zero attached hydrogens (tertiary/aromatic N) is 1. The molecule has 3 rings (SSSR count). The third-order valence-corrected chi connectivity index (χ3v) is 4.76. The van der Waals surface area contributed by atoms with Gasteiger partial charge in [0.2, 0.25) is 5.91 Å². The van der Waals surface area contributed by atoms with E-state index in [1.54, 1.807) is 24.3 Å². The highest BCUT2D eigenvalue weighted by Gasteiger charge is 2.12. The summed E-state index contributed by atoms with van der Waals surface area (Å²) in [5.74, 6) is 0.534. The summed E-state index contributed by atoms with van der Waals surface area (Å²) in [4.78, 5) is 26.8. The van der Waals surface area contributed by atoms with Crippen LogP contribution >= 0.6 is 0 Å². The number of nitrogens with one attached hydrogen (secondary N) is 1. The molecule has 6 nitrogen and oxygen atoms in total. The maximum atomic E-state index is 12.3. The van der Waals surface area contributed by atoms with Gasteiger partial charge in [-0.05, 0) is 55.0 Å². The molecule has 0 spiro atoms. The van der Waals surface area contributed by atoms with Gasteiger partial charge in [0, 0.05) is 42.9 Å². The van der Waals surface area contributed by atoms with E-state index in [0.29, 0.717) is 12.2 Å². The highest BCUT2D eigenvalue weighted by Crippen LogP contribution is 2.19. The first-order chi connectivity index (χ1) is 14.2. The van der Waals surface area contributed by atoms with Crippen molar-refractivity contribution in [2.24, 2.45) is 0 Å². The smallest absolute Gasteiger partial charge is 0.224 e. The number of ketones is 1. The first-order valence-corrected chi connectivity index (χ1v) is 10.1. The molecule has 0 aromatic heterocycles. The molecule has 0 saturated carbocycles. The lowest BCUT2D eigenvalue weighted by Gasteiger charge is -2.28. The average molecular weight is 396 g/mol.